The van der Waals surface area contributed by atoms with E-state index in [0.29, 0.717) is 13.2 Å². The summed E-state index contributed by atoms with van der Waals surface area (Å²) >= 11 is 0. The molecular formula is C11H12FNO3. The van der Waals surface area contributed by atoms with Gasteiger partial charge in [-0.15, -0.1) is 0 Å². The number of hydrogen-bond donors (Lipinski definition) is 1. The molecule has 0 aliphatic carbocycles. The van der Waals surface area contributed by atoms with Crippen LogP contribution in [0.1, 0.15) is 16.8 Å². The van der Waals surface area contributed by atoms with E-state index in [1.807, 2.05) is 0 Å². The van der Waals surface area contributed by atoms with Crippen molar-refractivity contribution in [1.29, 1.82) is 0 Å². The van der Waals surface area contributed by atoms with Gasteiger partial charge in [0.1, 0.15) is 13.2 Å². The largest absolute Gasteiger partial charge is 0.486 e. The number of benzene rings is 1. The number of carbonyl (C=O) groups is 1. The fourth-order valence-corrected chi connectivity index (χ4v) is 1.55. The zero-order chi connectivity index (χ0) is 11.5. The topological polar surface area (TPSA) is 61.6 Å². The number of fused-ring (bicyclic) bond motifs is 1. The van der Waals surface area contributed by atoms with E-state index >= 15 is 0 Å². The Balaban J connectivity index is 2.35. The molecule has 0 spiro atoms. The van der Waals surface area contributed by atoms with E-state index in [-0.39, 0.29) is 35.8 Å². The van der Waals surface area contributed by atoms with Crippen LogP contribution in [0, 0.1) is 5.82 Å². The second-order valence-corrected chi connectivity index (χ2v) is 3.44. The van der Waals surface area contributed by atoms with Crippen LogP contribution in [0.2, 0.25) is 0 Å². The second-order valence-electron chi connectivity index (χ2n) is 3.44. The Hall–Kier alpha value is -1.62. The first-order chi connectivity index (χ1) is 7.72. The number of halogens is 1. The van der Waals surface area contributed by atoms with Gasteiger partial charge in [0.15, 0.2) is 23.1 Å². The van der Waals surface area contributed by atoms with Gasteiger partial charge in [-0.3, -0.25) is 4.79 Å². The number of rotatable bonds is 3. The number of nitrogens with two attached hydrogens (primary N) is 1. The Morgan fingerprint density at radius 3 is 2.88 bits per heavy atom. The lowest BCUT2D eigenvalue weighted by Gasteiger charge is -2.19. The summed E-state index contributed by atoms with van der Waals surface area (Å²) in [5.74, 6) is -0.405. The summed E-state index contributed by atoms with van der Waals surface area (Å²) < 4.78 is 23.9. The van der Waals surface area contributed by atoms with Gasteiger partial charge in [-0.1, -0.05) is 0 Å². The molecule has 1 aromatic rings. The van der Waals surface area contributed by atoms with E-state index in [4.69, 9.17) is 15.2 Å². The van der Waals surface area contributed by atoms with E-state index in [0.717, 1.165) is 6.07 Å². The van der Waals surface area contributed by atoms with Crippen molar-refractivity contribution >= 4 is 5.78 Å². The molecule has 1 aliphatic rings. The SMILES string of the molecule is NCCC(=O)c1cc(F)c2c(c1)OCCO2. The molecule has 0 aromatic heterocycles. The molecule has 0 amide bonds. The predicted octanol–water partition coefficient (Wildman–Crippen LogP) is 1.13. The third-order valence-electron chi connectivity index (χ3n) is 2.29. The standard InChI is InChI=1S/C11H12FNO3/c12-8-5-7(9(14)1-2-13)6-10-11(8)16-4-3-15-10/h5-6H,1-4,13H2. The van der Waals surface area contributed by atoms with Crippen LogP contribution >= 0.6 is 0 Å². The fraction of sp³-hybridized carbons (Fsp3) is 0.364. The molecule has 2 N–H and O–H groups in total. The maximum atomic E-state index is 13.5. The van der Waals surface area contributed by atoms with E-state index in [1.165, 1.54) is 6.07 Å². The highest BCUT2D eigenvalue weighted by Crippen LogP contribution is 2.34. The Morgan fingerprint density at radius 1 is 1.38 bits per heavy atom. The number of ether oxygens (including phenoxy) is 2. The minimum absolute atomic E-state index is 0.0792. The van der Waals surface area contributed by atoms with Gasteiger partial charge in [-0.2, -0.15) is 0 Å². The molecule has 1 aliphatic heterocycles. The molecule has 4 nitrogen and oxygen atoms in total. The van der Waals surface area contributed by atoms with Crippen molar-refractivity contribution in [2.24, 2.45) is 5.73 Å². The molecule has 5 heteroatoms. The second kappa shape index (κ2) is 4.49. The van der Waals surface area contributed by atoms with Crippen LogP contribution < -0.4 is 15.2 Å². The first-order valence-electron chi connectivity index (χ1n) is 5.05. The molecule has 0 saturated heterocycles. The van der Waals surface area contributed by atoms with Gasteiger partial charge in [-0.05, 0) is 18.7 Å². The maximum Gasteiger partial charge on any atom is 0.197 e. The average Bonchev–Trinajstić information content (AvgIpc) is 2.29. The van der Waals surface area contributed by atoms with Crippen LogP contribution in [0.15, 0.2) is 12.1 Å². The van der Waals surface area contributed by atoms with E-state index in [2.05, 4.69) is 0 Å². The Kier molecular flexibility index (Phi) is 3.05. The van der Waals surface area contributed by atoms with Crippen molar-refractivity contribution in [3.63, 3.8) is 0 Å². The quantitative estimate of drug-likeness (QED) is 0.783. The van der Waals surface area contributed by atoms with Crippen LogP contribution in [0.25, 0.3) is 0 Å². The van der Waals surface area contributed by atoms with Crippen LogP contribution in [-0.2, 0) is 0 Å². The highest BCUT2D eigenvalue weighted by Gasteiger charge is 2.19. The predicted molar refractivity (Wildman–Crippen MR) is 55.4 cm³/mol. The number of hydrogen-bond acceptors (Lipinski definition) is 4. The molecule has 16 heavy (non-hydrogen) atoms. The van der Waals surface area contributed by atoms with E-state index in [1.54, 1.807) is 0 Å². The molecular weight excluding hydrogens is 213 g/mol. The average molecular weight is 225 g/mol. The normalized spacial score (nSPS) is 13.6. The Morgan fingerprint density at radius 2 is 2.12 bits per heavy atom. The highest BCUT2D eigenvalue weighted by atomic mass is 19.1. The molecule has 0 saturated carbocycles. The van der Waals surface area contributed by atoms with Crippen molar-refractivity contribution in [3.05, 3.63) is 23.5 Å². The zero-order valence-corrected chi connectivity index (χ0v) is 8.66. The lowest BCUT2D eigenvalue weighted by Crippen LogP contribution is -2.17. The zero-order valence-electron chi connectivity index (χ0n) is 8.66. The van der Waals surface area contributed by atoms with Crippen molar-refractivity contribution in [1.82, 2.24) is 0 Å². The summed E-state index contributed by atoms with van der Waals surface area (Å²) in [6, 6.07) is 2.65. The van der Waals surface area contributed by atoms with Gasteiger partial charge in [0.25, 0.3) is 0 Å². The summed E-state index contributed by atoms with van der Waals surface area (Å²) in [4.78, 5) is 11.5. The van der Waals surface area contributed by atoms with Crippen LogP contribution in [0.5, 0.6) is 11.5 Å². The fourth-order valence-electron chi connectivity index (χ4n) is 1.55. The number of Topliss-reactive ketones (excluding diaryl/α,β-unsaturated/α-hetero) is 1. The summed E-state index contributed by atoms with van der Waals surface area (Å²) in [5.41, 5.74) is 5.54. The van der Waals surface area contributed by atoms with Crippen molar-refractivity contribution in [3.8, 4) is 11.5 Å². The molecule has 0 atom stereocenters. The summed E-state index contributed by atoms with van der Waals surface area (Å²) in [6.07, 6.45) is 0.194. The molecule has 0 unspecified atom stereocenters. The summed E-state index contributed by atoms with van der Waals surface area (Å²) in [7, 11) is 0. The van der Waals surface area contributed by atoms with Crippen molar-refractivity contribution in [2.75, 3.05) is 19.8 Å². The van der Waals surface area contributed by atoms with Crippen molar-refractivity contribution in [2.45, 2.75) is 6.42 Å². The molecule has 86 valence electrons. The molecule has 2 rings (SSSR count). The minimum atomic E-state index is -0.572. The van der Waals surface area contributed by atoms with Gasteiger partial charge in [0.05, 0.1) is 0 Å². The highest BCUT2D eigenvalue weighted by molar-refractivity contribution is 5.96. The molecule has 0 bridgehead atoms. The number of carbonyl (C=O) groups excluding carboxylic acids is 1. The third kappa shape index (κ3) is 1.99. The van der Waals surface area contributed by atoms with Crippen LogP contribution in [-0.4, -0.2) is 25.5 Å². The smallest absolute Gasteiger partial charge is 0.197 e. The molecule has 0 radical (unpaired) electrons. The first kappa shape index (κ1) is 10.9. The molecule has 1 heterocycles. The lowest BCUT2D eigenvalue weighted by atomic mass is 10.1. The lowest BCUT2D eigenvalue weighted by molar-refractivity contribution is 0.0983. The first-order valence-corrected chi connectivity index (χ1v) is 5.05. The molecule has 1 aromatic carbocycles. The minimum Gasteiger partial charge on any atom is -0.486 e. The molecule has 0 fully saturated rings. The van der Waals surface area contributed by atoms with E-state index < -0.39 is 5.82 Å². The Bertz CT molecular complexity index is 420. The monoisotopic (exact) mass is 225 g/mol. The van der Waals surface area contributed by atoms with Crippen LogP contribution in [0.4, 0.5) is 4.39 Å². The summed E-state index contributed by atoms with van der Waals surface area (Å²) in [5, 5.41) is 0. The van der Waals surface area contributed by atoms with Gasteiger partial charge < -0.3 is 15.2 Å². The van der Waals surface area contributed by atoms with Gasteiger partial charge in [0.2, 0.25) is 0 Å². The van der Waals surface area contributed by atoms with Crippen molar-refractivity contribution < 1.29 is 18.7 Å². The van der Waals surface area contributed by atoms with Crippen LogP contribution in [0.3, 0.4) is 0 Å². The van der Waals surface area contributed by atoms with Gasteiger partial charge in [0, 0.05) is 12.0 Å². The number of ketones is 1. The van der Waals surface area contributed by atoms with E-state index in [9.17, 15) is 9.18 Å². The summed E-state index contributed by atoms with van der Waals surface area (Å²) in [6.45, 7) is 0.926. The third-order valence-corrected chi connectivity index (χ3v) is 2.29. The Labute approximate surface area is 92.1 Å². The van der Waals surface area contributed by atoms with Gasteiger partial charge >= 0.3 is 0 Å². The van der Waals surface area contributed by atoms with Gasteiger partial charge in [-0.25, -0.2) is 4.39 Å². The maximum absolute atomic E-state index is 13.5.